The van der Waals surface area contributed by atoms with Gasteiger partial charge in [-0.05, 0) is 41.0 Å². The Morgan fingerprint density at radius 3 is 2.44 bits per heavy atom. The van der Waals surface area contributed by atoms with Crippen LogP contribution in [0.15, 0.2) is 0 Å². The molecular weight excluding hydrogens is 206 g/mol. The van der Waals surface area contributed by atoms with Gasteiger partial charge >= 0.3 is 6.09 Å². The van der Waals surface area contributed by atoms with E-state index in [-0.39, 0.29) is 24.0 Å². The van der Waals surface area contributed by atoms with Crippen LogP contribution in [-0.2, 0) is 9.53 Å². The van der Waals surface area contributed by atoms with Gasteiger partial charge in [-0.25, -0.2) is 4.79 Å². The van der Waals surface area contributed by atoms with Crippen LogP contribution in [0.25, 0.3) is 0 Å². The van der Waals surface area contributed by atoms with Crippen LogP contribution in [0.3, 0.4) is 0 Å². The van der Waals surface area contributed by atoms with Crippen LogP contribution in [0.2, 0.25) is 0 Å². The molecule has 0 aromatic carbocycles. The zero-order chi connectivity index (χ0) is 12.5. The van der Waals surface area contributed by atoms with E-state index < -0.39 is 5.60 Å². The first-order chi connectivity index (χ1) is 7.22. The summed E-state index contributed by atoms with van der Waals surface area (Å²) in [4.78, 5) is 25.1. The molecule has 2 atom stereocenters. The fourth-order valence-corrected chi connectivity index (χ4v) is 1.89. The summed E-state index contributed by atoms with van der Waals surface area (Å²) in [6.07, 6.45) is 0.893. The average Bonchev–Trinajstić information content (AvgIpc) is 2.09. The molecular formula is C12H21NO3. The summed E-state index contributed by atoms with van der Waals surface area (Å²) >= 11 is 0. The van der Waals surface area contributed by atoms with E-state index in [9.17, 15) is 9.59 Å². The summed E-state index contributed by atoms with van der Waals surface area (Å²) in [5, 5.41) is 0. The minimum absolute atomic E-state index is 0.0718. The Morgan fingerprint density at radius 1 is 1.38 bits per heavy atom. The number of rotatable bonds is 0. The molecule has 0 aromatic heterocycles. The highest BCUT2D eigenvalue weighted by Gasteiger charge is 2.36. The largest absolute Gasteiger partial charge is 0.444 e. The molecule has 0 saturated carbocycles. The standard InChI is InChI=1S/C12H21NO3/c1-8-6-7-10(14)9(2)13(8)11(15)16-12(3,4)5/h8-9H,6-7H2,1-5H3/t8-,9-/m1/s1. The number of likely N-dealkylation sites (tertiary alicyclic amines) is 1. The van der Waals surface area contributed by atoms with Crippen LogP contribution in [0, 0.1) is 0 Å². The molecule has 1 aliphatic rings. The Kier molecular flexibility index (Phi) is 3.61. The lowest BCUT2D eigenvalue weighted by Crippen LogP contribution is -2.53. The van der Waals surface area contributed by atoms with Crippen molar-refractivity contribution in [3.05, 3.63) is 0 Å². The summed E-state index contributed by atoms with van der Waals surface area (Å²) in [5.74, 6) is 0.115. The minimum atomic E-state index is -0.517. The Hall–Kier alpha value is -1.06. The van der Waals surface area contributed by atoms with Crippen molar-refractivity contribution in [3.63, 3.8) is 0 Å². The van der Waals surface area contributed by atoms with Gasteiger partial charge in [-0.2, -0.15) is 0 Å². The average molecular weight is 227 g/mol. The normalized spacial score (nSPS) is 26.8. The number of nitrogens with zero attached hydrogens (tertiary/aromatic N) is 1. The molecule has 1 amide bonds. The molecule has 0 aliphatic carbocycles. The summed E-state index contributed by atoms with van der Waals surface area (Å²) in [6, 6.07) is -0.291. The van der Waals surface area contributed by atoms with E-state index in [4.69, 9.17) is 4.74 Å². The van der Waals surface area contributed by atoms with E-state index in [1.807, 2.05) is 27.7 Å². The number of hydrogen-bond acceptors (Lipinski definition) is 3. The predicted octanol–water partition coefficient (Wildman–Crippen LogP) is 2.36. The molecule has 0 unspecified atom stereocenters. The highest BCUT2D eigenvalue weighted by molar-refractivity contribution is 5.88. The van der Waals surface area contributed by atoms with Gasteiger partial charge in [0.1, 0.15) is 5.60 Å². The quantitative estimate of drug-likeness (QED) is 0.638. The topological polar surface area (TPSA) is 46.6 Å². The fourth-order valence-electron chi connectivity index (χ4n) is 1.89. The summed E-state index contributed by atoms with van der Waals surface area (Å²) in [7, 11) is 0. The van der Waals surface area contributed by atoms with Crippen molar-refractivity contribution in [2.45, 2.75) is 65.1 Å². The number of amides is 1. The van der Waals surface area contributed by atoms with Gasteiger partial charge in [0.15, 0.2) is 5.78 Å². The molecule has 0 spiro atoms. The molecule has 1 aliphatic heterocycles. The van der Waals surface area contributed by atoms with Gasteiger partial charge in [-0.3, -0.25) is 9.69 Å². The minimum Gasteiger partial charge on any atom is -0.444 e. The fraction of sp³-hybridized carbons (Fsp3) is 0.833. The van der Waals surface area contributed by atoms with Crippen LogP contribution in [0.1, 0.15) is 47.5 Å². The van der Waals surface area contributed by atoms with Crippen LogP contribution in [-0.4, -0.2) is 34.5 Å². The third kappa shape index (κ3) is 2.97. The summed E-state index contributed by atoms with van der Waals surface area (Å²) in [5.41, 5.74) is -0.517. The van der Waals surface area contributed by atoms with Crippen molar-refractivity contribution in [3.8, 4) is 0 Å². The van der Waals surface area contributed by atoms with Crippen LogP contribution in [0.4, 0.5) is 4.79 Å². The maximum atomic E-state index is 11.9. The lowest BCUT2D eigenvalue weighted by atomic mass is 9.97. The monoisotopic (exact) mass is 227 g/mol. The van der Waals surface area contributed by atoms with Crippen LogP contribution < -0.4 is 0 Å². The highest BCUT2D eigenvalue weighted by Crippen LogP contribution is 2.22. The first-order valence-corrected chi connectivity index (χ1v) is 5.76. The molecule has 1 fully saturated rings. The van der Waals surface area contributed by atoms with Crippen molar-refractivity contribution in [2.75, 3.05) is 0 Å². The number of hydrogen-bond donors (Lipinski definition) is 0. The summed E-state index contributed by atoms with van der Waals surface area (Å²) in [6.45, 7) is 9.19. The van der Waals surface area contributed by atoms with E-state index in [0.29, 0.717) is 6.42 Å². The van der Waals surface area contributed by atoms with Gasteiger partial charge < -0.3 is 4.74 Å². The SMILES string of the molecule is C[C@@H]1CCC(=O)[C@@H](C)N1C(=O)OC(C)(C)C. The van der Waals surface area contributed by atoms with E-state index in [2.05, 4.69) is 0 Å². The molecule has 0 radical (unpaired) electrons. The first-order valence-electron chi connectivity index (χ1n) is 5.76. The Morgan fingerprint density at radius 2 is 1.94 bits per heavy atom. The second-order valence-electron chi connectivity index (χ2n) is 5.42. The number of carbonyl (C=O) groups is 2. The lowest BCUT2D eigenvalue weighted by molar-refractivity contribution is -0.127. The first kappa shape index (κ1) is 13.0. The zero-order valence-electron chi connectivity index (χ0n) is 10.7. The third-order valence-electron chi connectivity index (χ3n) is 2.77. The molecule has 1 rings (SSSR count). The van der Waals surface area contributed by atoms with Gasteiger partial charge in [-0.15, -0.1) is 0 Å². The number of piperidine rings is 1. The second kappa shape index (κ2) is 4.44. The van der Waals surface area contributed by atoms with Crippen molar-refractivity contribution in [2.24, 2.45) is 0 Å². The molecule has 16 heavy (non-hydrogen) atoms. The molecule has 1 heterocycles. The number of ketones is 1. The molecule has 0 bridgehead atoms. The van der Waals surface area contributed by atoms with Crippen molar-refractivity contribution < 1.29 is 14.3 Å². The summed E-state index contributed by atoms with van der Waals surface area (Å²) < 4.78 is 5.30. The van der Waals surface area contributed by atoms with E-state index in [1.54, 1.807) is 11.8 Å². The van der Waals surface area contributed by atoms with E-state index >= 15 is 0 Å². The van der Waals surface area contributed by atoms with Crippen LogP contribution in [0.5, 0.6) is 0 Å². The van der Waals surface area contributed by atoms with Gasteiger partial charge in [0.25, 0.3) is 0 Å². The van der Waals surface area contributed by atoms with Crippen LogP contribution >= 0.6 is 0 Å². The Balaban J connectivity index is 2.76. The number of carbonyl (C=O) groups excluding carboxylic acids is 2. The molecule has 4 heteroatoms. The second-order valence-corrected chi connectivity index (χ2v) is 5.42. The molecule has 92 valence electrons. The maximum absolute atomic E-state index is 11.9. The molecule has 4 nitrogen and oxygen atoms in total. The molecule has 0 aromatic rings. The molecule has 1 saturated heterocycles. The smallest absolute Gasteiger partial charge is 0.411 e. The maximum Gasteiger partial charge on any atom is 0.411 e. The van der Waals surface area contributed by atoms with E-state index in [0.717, 1.165) is 6.42 Å². The Bertz CT molecular complexity index is 293. The zero-order valence-corrected chi connectivity index (χ0v) is 10.7. The van der Waals surface area contributed by atoms with Gasteiger partial charge in [-0.1, -0.05) is 0 Å². The highest BCUT2D eigenvalue weighted by atomic mass is 16.6. The third-order valence-corrected chi connectivity index (χ3v) is 2.77. The van der Waals surface area contributed by atoms with Crippen molar-refractivity contribution in [1.29, 1.82) is 0 Å². The predicted molar refractivity (Wildman–Crippen MR) is 61.2 cm³/mol. The van der Waals surface area contributed by atoms with E-state index in [1.165, 1.54) is 0 Å². The van der Waals surface area contributed by atoms with Crippen molar-refractivity contribution in [1.82, 2.24) is 4.90 Å². The van der Waals surface area contributed by atoms with Crippen molar-refractivity contribution >= 4 is 11.9 Å². The lowest BCUT2D eigenvalue weighted by Gasteiger charge is -2.38. The van der Waals surface area contributed by atoms with Gasteiger partial charge in [0.2, 0.25) is 0 Å². The van der Waals surface area contributed by atoms with Gasteiger partial charge in [0.05, 0.1) is 6.04 Å². The van der Waals surface area contributed by atoms with Gasteiger partial charge in [0, 0.05) is 12.5 Å². The molecule has 0 N–H and O–H groups in total. The number of Topliss-reactive ketones (excluding diaryl/α,β-unsaturated/α-hetero) is 1. The number of ether oxygens (including phenoxy) is 1. The Labute approximate surface area is 96.9 Å².